The van der Waals surface area contributed by atoms with Crippen LogP contribution in [0.25, 0.3) is 11.0 Å². The molecule has 0 aromatic carbocycles. The maximum Gasteiger partial charge on any atom is 0.490 e. The van der Waals surface area contributed by atoms with Crippen molar-refractivity contribution < 1.29 is 79.7 Å². The number of aromatic nitrogens is 3. The van der Waals surface area contributed by atoms with Gasteiger partial charge in [-0.3, -0.25) is 14.1 Å². The van der Waals surface area contributed by atoms with Gasteiger partial charge in [-0.1, -0.05) is 55.0 Å². The summed E-state index contributed by atoms with van der Waals surface area (Å²) in [5, 5.41) is 0.412. The number of rotatable bonds is 26. The molecule has 2 unspecified atom stereocenters. The Hall–Kier alpha value is -1.39. The summed E-state index contributed by atoms with van der Waals surface area (Å²) < 4.78 is 77.1. The smallest absolute Gasteiger partial charge is 0.466 e. The number of esters is 2. The first-order valence-corrected chi connectivity index (χ1v) is 26.8. The van der Waals surface area contributed by atoms with E-state index >= 15 is 0 Å². The van der Waals surface area contributed by atoms with Crippen LogP contribution in [0, 0.1) is 11.8 Å². The van der Waals surface area contributed by atoms with Gasteiger partial charge in [-0.05, 0) is 39.4 Å². The monoisotopic (exact) mass is 956 g/mol. The third kappa shape index (κ3) is 19.1. The highest BCUT2D eigenvalue weighted by Crippen LogP contribution is 2.66. The maximum atomic E-state index is 12.4. The van der Waals surface area contributed by atoms with Crippen LogP contribution >= 0.6 is 66.6 Å². The van der Waals surface area contributed by atoms with Crippen molar-refractivity contribution in [1.82, 2.24) is 14.5 Å². The van der Waals surface area contributed by atoms with Gasteiger partial charge in [-0.15, -0.1) is 0 Å². The fraction of sp³-hybridized carbons (Fsp3) is 0.667. The highest BCUT2D eigenvalue weighted by Gasteiger charge is 2.44. The number of nitrogens with two attached hydrogens (primary N) is 1. The fourth-order valence-electron chi connectivity index (χ4n) is 4.90. The van der Waals surface area contributed by atoms with Crippen molar-refractivity contribution in [1.29, 1.82) is 0 Å². The molecular formula is C30H47N4O17P3S4. The molecule has 3 heterocycles. The number of fused-ring (bicyclic) bond motifs is 1. The zero-order valence-corrected chi connectivity index (χ0v) is 37.8. The van der Waals surface area contributed by atoms with E-state index in [1.165, 1.54) is 34.8 Å². The van der Waals surface area contributed by atoms with Crippen LogP contribution in [0.2, 0.25) is 0 Å². The number of hydrogen-bond donors (Lipinski definition) is 5. The Morgan fingerprint density at radius 2 is 1.78 bits per heavy atom. The van der Waals surface area contributed by atoms with Crippen molar-refractivity contribution in [3.63, 3.8) is 0 Å². The van der Waals surface area contributed by atoms with E-state index < -0.39 is 54.5 Å². The molecule has 2 aromatic heterocycles. The highest BCUT2D eigenvalue weighted by atomic mass is 33.1. The van der Waals surface area contributed by atoms with Crippen molar-refractivity contribution in [2.45, 2.75) is 82.5 Å². The van der Waals surface area contributed by atoms with Crippen LogP contribution in [0.1, 0.15) is 71.1 Å². The second-order valence-electron chi connectivity index (χ2n) is 12.6. The molecule has 3 rings (SSSR count). The molecule has 0 bridgehead atoms. The molecule has 21 nitrogen and oxygen atoms in total. The van der Waals surface area contributed by atoms with Gasteiger partial charge in [-0.2, -0.15) is 8.62 Å². The summed E-state index contributed by atoms with van der Waals surface area (Å²) in [4.78, 5) is 68.7. The van der Waals surface area contributed by atoms with Crippen LogP contribution in [0.3, 0.4) is 0 Å². The van der Waals surface area contributed by atoms with Gasteiger partial charge in [0.1, 0.15) is 42.0 Å². The molecule has 58 heavy (non-hydrogen) atoms. The van der Waals surface area contributed by atoms with Gasteiger partial charge >= 0.3 is 35.4 Å². The molecule has 0 radical (unpaired) electrons. The average molecular weight is 957 g/mol. The van der Waals surface area contributed by atoms with Gasteiger partial charge in [0.25, 0.3) is 0 Å². The summed E-state index contributed by atoms with van der Waals surface area (Å²) in [5.74, 6) is 6.05. The Balaban J connectivity index is 1.52. The molecule has 1 saturated heterocycles. The van der Waals surface area contributed by atoms with Crippen LogP contribution in [0.4, 0.5) is 5.82 Å². The number of anilines is 1. The Kier molecular flexibility index (Phi) is 21.4. The Labute approximate surface area is 350 Å². The van der Waals surface area contributed by atoms with Gasteiger partial charge in [0, 0.05) is 37.3 Å². The number of carbonyl (C=O) groups excluding carboxylic acids is 2. The molecule has 2 aromatic rings. The van der Waals surface area contributed by atoms with Gasteiger partial charge in [0.2, 0.25) is 0 Å². The summed E-state index contributed by atoms with van der Waals surface area (Å²) in [6.45, 7) is 5.95. The van der Waals surface area contributed by atoms with Crippen molar-refractivity contribution in [2.75, 3.05) is 50.3 Å². The molecule has 28 heteroatoms. The van der Waals surface area contributed by atoms with E-state index in [4.69, 9.17) is 43.7 Å². The van der Waals surface area contributed by atoms with E-state index in [2.05, 4.69) is 44.3 Å². The average Bonchev–Trinajstić information content (AvgIpc) is 3.68. The SMILES string of the molecule is CSSCO[C@H]1C[C@H](n2cc(C#CCCC(=O)OCCCCOCSSC(C)(C)CCOC(C)=O)c3c(N)ncnc32)O[C@@H]1COP(=O)(O)OP(=O)(O)OP(=O)(O)O. The van der Waals surface area contributed by atoms with Crippen molar-refractivity contribution in [3.8, 4) is 11.8 Å². The van der Waals surface area contributed by atoms with Crippen LogP contribution in [0.5, 0.6) is 0 Å². The van der Waals surface area contributed by atoms with Gasteiger partial charge in [0.15, 0.2) is 0 Å². The third-order valence-corrected chi connectivity index (χ3v) is 15.7. The van der Waals surface area contributed by atoms with Crippen LogP contribution in [-0.2, 0) is 60.1 Å². The second-order valence-corrected chi connectivity index (χ2v) is 22.5. The summed E-state index contributed by atoms with van der Waals surface area (Å²) in [7, 11) is -10.7. The number of hydrogen-bond acceptors (Lipinski definition) is 20. The topological polar surface area (TPSA) is 297 Å². The van der Waals surface area contributed by atoms with Crippen LogP contribution in [0.15, 0.2) is 12.5 Å². The number of nitrogens with zero attached hydrogens (tertiary/aromatic N) is 3. The van der Waals surface area contributed by atoms with E-state index in [0.717, 1.165) is 6.42 Å². The van der Waals surface area contributed by atoms with E-state index in [0.29, 0.717) is 48.6 Å². The van der Waals surface area contributed by atoms with Crippen molar-refractivity contribution in [2.24, 2.45) is 0 Å². The largest absolute Gasteiger partial charge is 0.490 e. The second kappa shape index (κ2) is 24.3. The Morgan fingerprint density at radius 3 is 2.48 bits per heavy atom. The minimum Gasteiger partial charge on any atom is -0.466 e. The Morgan fingerprint density at radius 1 is 1.03 bits per heavy atom. The maximum absolute atomic E-state index is 12.4. The summed E-state index contributed by atoms with van der Waals surface area (Å²) in [6.07, 6.45) is 4.53. The molecule has 0 saturated carbocycles. The molecule has 0 spiro atoms. The number of phosphoric ester groups is 1. The third-order valence-electron chi connectivity index (χ3n) is 7.44. The lowest BCUT2D eigenvalue weighted by atomic mass is 10.1. The highest BCUT2D eigenvalue weighted by molar-refractivity contribution is 8.77. The van der Waals surface area contributed by atoms with E-state index in [-0.39, 0.29) is 48.3 Å². The zero-order chi connectivity index (χ0) is 43.0. The number of phosphoric acid groups is 3. The first-order chi connectivity index (χ1) is 27.2. The number of ether oxygens (including phenoxy) is 5. The molecule has 1 fully saturated rings. The number of nitrogen functional groups attached to an aromatic ring is 1. The zero-order valence-electron chi connectivity index (χ0n) is 31.9. The standard InChI is InChI=1S/C30H47N4O17P3S4/c1-21(35)45-14-11-30(2,3)58-57-19-44-12-7-8-13-46-26(36)10-6-5-9-22-16-34(29-27(22)28(31)32-18-33-29)25-15-23(47-20-56-55-4)24(49-25)17-48-53(40,41)51-54(42,43)50-52(37,38)39/h16,18,23-25H,6-8,10-15,17,19-20H2,1-4H3,(H,40,41)(H,42,43)(H2,31,32,33)(H2,37,38,39)/t23-,24+,25+/m0/s1. The van der Waals surface area contributed by atoms with Gasteiger partial charge in [0.05, 0.1) is 43.3 Å². The molecule has 328 valence electrons. The quantitative estimate of drug-likeness (QED) is 0.0193. The molecule has 0 aliphatic carbocycles. The molecule has 1 aliphatic heterocycles. The Bertz CT molecular complexity index is 1880. The van der Waals surface area contributed by atoms with E-state index in [9.17, 15) is 33.1 Å². The first-order valence-electron chi connectivity index (χ1n) is 17.2. The number of unbranched alkanes of at least 4 members (excludes halogenated alkanes) is 1. The van der Waals surface area contributed by atoms with Crippen molar-refractivity contribution in [3.05, 3.63) is 18.1 Å². The summed E-state index contributed by atoms with van der Waals surface area (Å²) in [6, 6.07) is 0. The lowest BCUT2D eigenvalue weighted by Crippen LogP contribution is -2.28. The molecule has 6 N–H and O–H groups in total. The van der Waals surface area contributed by atoms with Crippen LogP contribution in [-0.4, -0.2) is 108 Å². The normalized spacial score (nSPS) is 19.3. The van der Waals surface area contributed by atoms with Gasteiger partial charge in [-0.25, -0.2) is 23.7 Å². The molecular weight excluding hydrogens is 910 g/mol. The predicted octanol–water partition coefficient (Wildman–Crippen LogP) is 5.54. The lowest BCUT2D eigenvalue weighted by molar-refractivity contribution is -0.144. The first kappa shape index (κ1) is 51.0. The minimum absolute atomic E-state index is 0.0469. The fourth-order valence-corrected chi connectivity index (χ4v) is 11.0. The van der Waals surface area contributed by atoms with E-state index in [1.807, 2.05) is 6.26 Å². The minimum atomic E-state index is -5.72. The molecule has 1 aliphatic rings. The molecule has 0 amide bonds. The van der Waals surface area contributed by atoms with Crippen LogP contribution < -0.4 is 5.73 Å². The van der Waals surface area contributed by atoms with Gasteiger partial charge < -0.3 is 53.6 Å². The van der Waals surface area contributed by atoms with Crippen molar-refractivity contribution >= 4 is 95.4 Å². The number of carbonyl (C=O) groups is 2. The molecule has 5 atom stereocenters. The van der Waals surface area contributed by atoms with E-state index in [1.54, 1.807) is 32.4 Å². The summed E-state index contributed by atoms with van der Waals surface area (Å²) in [5.41, 5.74) is 6.97. The lowest BCUT2D eigenvalue weighted by Gasteiger charge is -2.22. The summed E-state index contributed by atoms with van der Waals surface area (Å²) >= 11 is 0. The predicted molar refractivity (Wildman–Crippen MR) is 219 cm³/mol.